The van der Waals surface area contributed by atoms with E-state index in [1.165, 1.54) is 35.3 Å². The number of thiophene rings is 1. The van der Waals surface area contributed by atoms with E-state index in [2.05, 4.69) is 69.7 Å². The van der Waals surface area contributed by atoms with Crippen LogP contribution in [-0.2, 0) is 13.1 Å². The predicted molar refractivity (Wildman–Crippen MR) is 140 cm³/mol. The van der Waals surface area contributed by atoms with Crippen LogP contribution >= 0.6 is 23.1 Å². The van der Waals surface area contributed by atoms with Crippen LogP contribution in [0.15, 0.2) is 35.5 Å². The molecule has 1 aromatic carbocycles. The fourth-order valence-electron chi connectivity index (χ4n) is 4.46. The van der Waals surface area contributed by atoms with Crippen LogP contribution in [0, 0.1) is 13.8 Å². The molecule has 1 atom stereocenters. The summed E-state index contributed by atoms with van der Waals surface area (Å²) < 4.78 is 2.26. The average Bonchev–Trinajstić information content (AvgIpc) is 3.34. The molecule has 4 heterocycles. The quantitative estimate of drug-likeness (QED) is 0.346. The fourth-order valence-corrected chi connectivity index (χ4v) is 6.41. The van der Waals surface area contributed by atoms with Crippen LogP contribution in [-0.4, -0.2) is 42.7 Å². The Balaban J connectivity index is 1.43. The van der Waals surface area contributed by atoms with Crippen molar-refractivity contribution in [3.63, 3.8) is 0 Å². The first-order chi connectivity index (χ1) is 16.5. The lowest BCUT2D eigenvalue weighted by molar-refractivity contribution is 0.213. The highest BCUT2D eigenvalue weighted by Gasteiger charge is 2.22. The van der Waals surface area contributed by atoms with Gasteiger partial charge < -0.3 is 10.3 Å². The summed E-state index contributed by atoms with van der Waals surface area (Å²) in [6.45, 7) is 10.1. The van der Waals surface area contributed by atoms with Crippen molar-refractivity contribution in [1.82, 2.24) is 29.6 Å². The van der Waals surface area contributed by atoms with Crippen molar-refractivity contribution in [3.05, 3.63) is 58.0 Å². The zero-order valence-electron chi connectivity index (χ0n) is 20.0. The van der Waals surface area contributed by atoms with E-state index in [0.717, 1.165) is 53.2 Å². The van der Waals surface area contributed by atoms with E-state index < -0.39 is 0 Å². The lowest BCUT2D eigenvalue weighted by Gasteiger charge is -2.26. The zero-order valence-corrected chi connectivity index (χ0v) is 21.6. The second-order valence-corrected chi connectivity index (χ2v) is 11.5. The number of anilines is 1. The second-order valence-electron chi connectivity index (χ2n) is 9.00. The molecule has 0 spiro atoms. The minimum absolute atomic E-state index is 0.00373. The van der Waals surface area contributed by atoms with Crippen LogP contribution in [0.3, 0.4) is 0 Å². The number of aromatic nitrogens is 5. The molecule has 9 heteroatoms. The molecule has 1 aliphatic rings. The summed E-state index contributed by atoms with van der Waals surface area (Å²) in [6, 6.07) is 10.5. The first-order valence-corrected chi connectivity index (χ1v) is 13.6. The molecule has 0 aliphatic carbocycles. The van der Waals surface area contributed by atoms with Gasteiger partial charge in [-0.3, -0.25) is 4.90 Å². The lowest BCUT2D eigenvalue weighted by atomic mass is 10.1. The highest BCUT2D eigenvalue weighted by atomic mass is 32.2. The number of benzene rings is 1. The van der Waals surface area contributed by atoms with Gasteiger partial charge in [0.25, 0.3) is 0 Å². The van der Waals surface area contributed by atoms with E-state index >= 15 is 0 Å². The smallest absolute Gasteiger partial charge is 0.192 e. The van der Waals surface area contributed by atoms with Crippen LogP contribution in [0.4, 0.5) is 5.82 Å². The Morgan fingerprint density at radius 1 is 1.03 bits per heavy atom. The summed E-state index contributed by atoms with van der Waals surface area (Å²) in [7, 11) is 0. The number of fused-ring (bicyclic) bond motifs is 1. The number of piperidine rings is 1. The molecule has 0 radical (unpaired) electrons. The maximum absolute atomic E-state index is 6.35. The molecule has 1 unspecified atom stereocenters. The topological polar surface area (TPSA) is 85.8 Å². The Labute approximate surface area is 208 Å². The van der Waals surface area contributed by atoms with Crippen molar-refractivity contribution in [2.75, 3.05) is 18.8 Å². The van der Waals surface area contributed by atoms with Crippen molar-refractivity contribution in [3.8, 4) is 0 Å². The third kappa shape index (κ3) is 4.82. The standard InChI is InChI=1S/C25H31N7S2/c1-16-17(2)33-24-21(16)22(26)27-23(28-24)18(3)34-25-30-29-20(15-31-12-8-5-9-13-31)32(25)14-19-10-6-4-7-11-19/h4,6-7,10-11,18H,5,8-9,12-15H2,1-3H3,(H2,26,27,28). The SMILES string of the molecule is Cc1sc2nc(C(C)Sc3nnc(CN4CCCCC4)n3Cc3ccccc3)nc(N)c2c1C. The Hall–Kier alpha value is -2.49. The first-order valence-electron chi connectivity index (χ1n) is 11.9. The van der Waals surface area contributed by atoms with Crippen LogP contribution in [0.1, 0.15) is 59.1 Å². The molecular weight excluding hydrogens is 462 g/mol. The van der Waals surface area contributed by atoms with Gasteiger partial charge in [0.1, 0.15) is 22.3 Å². The normalized spacial score (nSPS) is 15.7. The molecule has 0 amide bonds. The molecule has 1 fully saturated rings. The maximum Gasteiger partial charge on any atom is 0.192 e. The van der Waals surface area contributed by atoms with Gasteiger partial charge in [-0.2, -0.15) is 0 Å². The summed E-state index contributed by atoms with van der Waals surface area (Å²) in [5, 5.41) is 11.1. The number of nitrogen functional groups attached to an aromatic ring is 1. The van der Waals surface area contributed by atoms with Gasteiger partial charge in [-0.15, -0.1) is 21.5 Å². The Morgan fingerprint density at radius 3 is 2.56 bits per heavy atom. The van der Waals surface area contributed by atoms with Crippen molar-refractivity contribution in [2.24, 2.45) is 0 Å². The number of aryl methyl sites for hydroxylation is 2. The summed E-state index contributed by atoms with van der Waals surface area (Å²) in [6.07, 6.45) is 3.84. The van der Waals surface area contributed by atoms with E-state index in [-0.39, 0.29) is 5.25 Å². The number of nitrogens with two attached hydrogens (primary N) is 1. The number of nitrogens with zero attached hydrogens (tertiary/aromatic N) is 6. The van der Waals surface area contributed by atoms with Gasteiger partial charge in [-0.05, 0) is 57.8 Å². The van der Waals surface area contributed by atoms with Gasteiger partial charge in [0.2, 0.25) is 0 Å². The third-order valence-corrected chi connectivity index (χ3v) is 8.69. The predicted octanol–water partition coefficient (Wildman–Crippen LogP) is 5.37. The van der Waals surface area contributed by atoms with E-state index in [1.54, 1.807) is 23.1 Å². The van der Waals surface area contributed by atoms with Gasteiger partial charge in [-0.25, -0.2) is 9.97 Å². The van der Waals surface area contributed by atoms with E-state index in [9.17, 15) is 0 Å². The molecule has 2 N–H and O–H groups in total. The number of likely N-dealkylation sites (tertiary alicyclic amines) is 1. The summed E-state index contributed by atoms with van der Waals surface area (Å²) in [5.74, 6) is 2.31. The monoisotopic (exact) mass is 493 g/mol. The first kappa shape index (κ1) is 23.3. The van der Waals surface area contributed by atoms with Crippen LogP contribution in [0.2, 0.25) is 0 Å². The van der Waals surface area contributed by atoms with E-state index in [0.29, 0.717) is 5.82 Å². The minimum Gasteiger partial charge on any atom is -0.383 e. The van der Waals surface area contributed by atoms with Crippen LogP contribution < -0.4 is 5.73 Å². The van der Waals surface area contributed by atoms with Gasteiger partial charge in [0, 0.05) is 4.88 Å². The van der Waals surface area contributed by atoms with Crippen molar-refractivity contribution >= 4 is 39.1 Å². The molecule has 34 heavy (non-hydrogen) atoms. The highest BCUT2D eigenvalue weighted by Crippen LogP contribution is 2.37. The van der Waals surface area contributed by atoms with E-state index in [4.69, 9.17) is 10.7 Å². The molecule has 5 rings (SSSR count). The third-order valence-electron chi connectivity index (χ3n) is 6.51. The number of rotatable bonds is 7. The van der Waals surface area contributed by atoms with Gasteiger partial charge in [-0.1, -0.05) is 48.5 Å². The van der Waals surface area contributed by atoms with Gasteiger partial charge in [0.05, 0.1) is 23.7 Å². The van der Waals surface area contributed by atoms with Crippen LogP contribution in [0.25, 0.3) is 10.2 Å². The fraction of sp³-hybridized carbons (Fsp3) is 0.440. The number of hydrogen-bond donors (Lipinski definition) is 1. The van der Waals surface area contributed by atoms with Crippen molar-refractivity contribution in [2.45, 2.75) is 63.5 Å². The molecule has 3 aromatic heterocycles. The molecule has 1 aliphatic heterocycles. The van der Waals surface area contributed by atoms with Crippen LogP contribution in [0.5, 0.6) is 0 Å². The molecule has 0 bridgehead atoms. The van der Waals surface area contributed by atoms with Gasteiger partial charge >= 0.3 is 0 Å². The average molecular weight is 494 g/mol. The molecule has 0 saturated carbocycles. The zero-order chi connectivity index (χ0) is 23.7. The molecular formula is C25H31N7S2. The van der Waals surface area contributed by atoms with E-state index in [1.807, 2.05) is 6.07 Å². The van der Waals surface area contributed by atoms with Crippen molar-refractivity contribution in [1.29, 1.82) is 0 Å². The molecule has 178 valence electrons. The minimum atomic E-state index is -0.00373. The Bertz CT molecular complexity index is 1280. The molecule has 7 nitrogen and oxygen atoms in total. The maximum atomic E-state index is 6.35. The largest absolute Gasteiger partial charge is 0.383 e. The van der Waals surface area contributed by atoms with Gasteiger partial charge in [0.15, 0.2) is 5.16 Å². The summed E-state index contributed by atoms with van der Waals surface area (Å²) in [5.41, 5.74) is 8.76. The molecule has 4 aromatic rings. The van der Waals surface area contributed by atoms with Crippen molar-refractivity contribution < 1.29 is 0 Å². The molecule has 1 saturated heterocycles. The Kier molecular flexibility index (Phi) is 6.85. The number of hydrogen-bond acceptors (Lipinski definition) is 8. The summed E-state index contributed by atoms with van der Waals surface area (Å²) in [4.78, 5) is 14.2. The highest BCUT2D eigenvalue weighted by molar-refractivity contribution is 7.99. The lowest BCUT2D eigenvalue weighted by Crippen LogP contribution is -2.30. The second kappa shape index (κ2) is 10.0. The summed E-state index contributed by atoms with van der Waals surface area (Å²) >= 11 is 3.33. The number of thioether (sulfide) groups is 1. The Morgan fingerprint density at radius 2 is 1.79 bits per heavy atom.